The van der Waals surface area contributed by atoms with Crippen LogP contribution < -0.4 is 9.47 Å². The Balaban J connectivity index is 1.71. The highest BCUT2D eigenvalue weighted by Gasteiger charge is 2.22. The van der Waals surface area contributed by atoms with Crippen molar-refractivity contribution in [2.45, 2.75) is 37.5 Å². The molecule has 152 valence electrons. The Hall–Kier alpha value is -2.56. The fourth-order valence-corrected chi connectivity index (χ4v) is 4.75. The molecule has 0 heterocycles. The predicted octanol–water partition coefficient (Wildman–Crippen LogP) is 3.87. The Kier molecular flexibility index (Phi) is 6.46. The molecule has 0 bridgehead atoms. The largest absolute Gasteiger partial charge is 0.490 e. The first-order chi connectivity index (χ1) is 13.8. The van der Waals surface area contributed by atoms with Crippen LogP contribution in [0.4, 0.5) is 0 Å². The van der Waals surface area contributed by atoms with E-state index in [9.17, 15) is 13.2 Å². The van der Waals surface area contributed by atoms with Crippen LogP contribution >= 0.6 is 11.6 Å². The van der Waals surface area contributed by atoms with Crippen molar-refractivity contribution in [1.82, 2.24) is 0 Å². The molecule has 3 rings (SSSR count). The van der Waals surface area contributed by atoms with Crippen molar-refractivity contribution >= 4 is 27.4 Å². The Bertz CT molecular complexity index is 1090. The van der Waals surface area contributed by atoms with Gasteiger partial charge in [0, 0.05) is 6.07 Å². The highest BCUT2D eigenvalue weighted by atomic mass is 35.5. The number of sulfone groups is 1. The maximum absolute atomic E-state index is 12.6. The number of hydrogen-bond acceptors (Lipinski definition) is 6. The number of nitrogens with zero attached hydrogens (tertiary/aromatic N) is 1. The van der Waals surface area contributed by atoms with E-state index < -0.39 is 15.8 Å². The second-order valence-electron chi connectivity index (χ2n) is 6.66. The first kappa shape index (κ1) is 21.2. The molecule has 0 radical (unpaired) electrons. The van der Waals surface area contributed by atoms with E-state index >= 15 is 0 Å². The molecule has 0 saturated carbocycles. The lowest BCUT2D eigenvalue weighted by molar-refractivity contribution is -0.134. The zero-order chi connectivity index (χ0) is 21.0. The smallest absolute Gasteiger partial charge is 0.312 e. The molecule has 0 atom stereocenters. The molecule has 1 aliphatic rings. The number of nitriles is 1. The van der Waals surface area contributed by atoms with Gasteiger partial charge in [0.25, 0.3) is 0 Å². The van der Waals surface area contributed by atoms with Gasteiger partial charge in [-0.1, -0.05) is 17.7 Å². The summed E-state index contributed by atoms with van der Waals surface area (Å²) in [5.41, 5.74) is 2.50. The van der Waals surface area contributed by atoms with Gasteiger partial charge in [0.1, 0.15) is 0 Å². The second-order valence-corrected chi connectivity index (χ2v) is 9.17. The monoisotopic (exact) mass is 433 g/mol. The third-order valence-corrected chi connectivity index (χ3v) is 6.65. The molecule has 29 heavy (non-hydrogen) atoms. The highest BCUT2D eigenvalue weighted by Crippen LogP contribution is 2.37. The molecule has 1 aliphatic carbocycles. The molecule has 6 nitrogen and oxygen atoms in total. The zero-order valence-corrected chi connectivity index (χ0v) is 17.5. The number of ether oxygens (including phenoxy) is 2. The molecule has 8 heteroatoms. The number of carbonyl (C=O) groups is 1. The summed E-state index contributed by atoms with van der Waals surface area (Å²) < 4.78 is 35.9. The maximum atomic E-state index is 12.6. The van der Waals surface area contributed by atoms with Crippen LogP contribution in [0, 0.1) is 11.3 Å². The molecule has 0 aliphatic heterocycles. The number of esters is 1. The standard InChI is InChI=1S/C21H20ClNO5S/c1-2-27-19-11-14(13-23)10-18(22)21(19)28-20(24)8-9-29(25,26)17-7-6-15-4-3-5-16(15)12-17/h6-7,10-12H,2-5,8-9H2,1H3. The van der Waals surface area contributed by atoms with Crippen LogP contribution in [0.2, 0.25) is 5.02 Å². The van der Waals surface area contributed by atoms with E-state index in [1.165, 1.54) is 17.7 Å². The highest BCUT2D eigenvalue weighted by molar-refractivity contribution is 7.91. The molecule has 2 aromatic carbocycles. The minimum Gasteiger partial charge on any atom is -0.490 e. The molecule has 0 fully saturated rings. The van der Waals surface area contributed by atoms with Gasteiger partial charge >= 0.3 is 5.97 Å². The minimum atomic E-state index is -3.62. The molecular weight excluding hydrogens is 414 g/mol. The van der Waals surface area contributed by atoms with Crippen LogP contribution in [-0.4, -0.2) is 26.7 Å². The topological polar surface area (TPSA) is 93.5 Å². The molecule has 0 unspecified atom stereocenters. The summed E-state index contributed by atoms with van der Waals surface area (Å²) >= 11 is 6.11. The molecule has 0 N–H and O–H groups in total. The van der Waals surface area contributed by atoms with E-state index in [0.29, 0.717) is 0 Å². The summed E-state index contributed by atoms with van der Waals surface area (Å²) in [6, 6.07) is 9.86. The van der Waals surface area contributed by atoms with Gasteiger partial charge < -0.3 is 9.47 Å². The summed E-state index contributed by atoms with van der Waals surface area (Å²) in [7, 11) is -3.62. The van der Waals surface area contributed by atoms with Crippen LogP contribution in [0.15, 0.2) is 35.2 Å². The summed E-state index contributed by atoms with van der Waals surface area (Å²) in [6.07, 6.45) is 2.54. The quantitative estimate of drug-likeness (QED) is 0.486. The average Bonchev–Trinajstić information content (AvgIpc) is 3.17. The number of benzene rings is 2. The van der Waals surface area contributed by atoms with Gasteiger partial charge in [0.05, 0.1) is 40.3 Å². The number of hydrogen-bond donors (Lipinski definition) is 0. The van der Waals surface area contributed by atoms with Crippen LogP contribution in [0.3, 0.4) is 0 Å². The van der Waals surface area contributed by atoms with Gasteiger partial charge in [-0.25, -0.2) is 8.42 Å². The van der Waals surface area contributed by atoms with Gasteiger partial charge in [0.2, 0.25) is 0 Å². The molecule has 0 saturated heterocycles. The molecular formula is C21H20ClNO5S. The third kappa shape index (κ3) is 4.89. The molecule has 0 aromatic heterocycles. The lowest BCUT2D eigenvalue weighted by Crippen LogP contribution is -2.16. The summed E-state index contributed by atoms with van der Waals surface area (Å²) in [5, 5.41) is 9.07. The van der Waals surface area contributed by atoms with Gasteiger partial charge in [-0.05, 0) is 55.5 Å². The van der Waals surface area contributed by atoms with Crippen molar-refractivity contribution in [1.29, 1.82) is 5.26 Å². The Morgan fingerprint density at radius 1 is 1.21 bits per heavy atom. The number of rotatable bonds is 7. The van der Waals surface area contributed by atoms with Crippen LogP contribution in [0.5, 0.6) is 11.5 Å². The SMILES string of the molecule is CCOc1cc(C#N)cc(Cl)c1OC(=O)CCS(=O)(=O)c1ccc2c(c1)CCC2. The van der Waals surface area contributed by atoms with Crippen molar-refractivity contribution in [2.75, 3.05) is 12.4 Å². The number of fused-ring (bicyclic) bond motifs is 1. The summed E-state index contributed by atoms with van der Waals surface area (Å²) in [5.74, 6) is -0.983. The molecule has 0 amide bonds. The van der Waals surface area contributed by atoms with E-state index in [0.717, 1.165) is 24.8 Å². The van der Waals surface area contributed by atoms with E-state index in [1.54, 1.807) is 19.1 Å². The minimum absolute atomic E-state index is 0.0209. The van der Waals surface area contributed by atoms with E-state index in [-0.39, 0.29) is 45.8 Å². The lowest BCUT2D eigenvalue weighted by atomic mass is 10.1. The average molecular weight is 434 g/mol. The first-order valence-electron chi connectivity index (χ1n) is 9.25. The number of aryl methyl sites for hydroxylation is 2. The fourth-order valence-electron chi connectivity index (χ4n) is 3.24. The third-order valence-electron chi connectivity index (χ3n) is 4.66. The van der Waals surface area contributed by atoms with Crippen molar-refractivity contribution in [3.63, 3.8) is 0 Å². The van der Waals surface area contributed by atoms with E-state index in [4.69, 9.17) is 26.3 Å². The van der Waals surface area contributed by atoms with Gasteiger partial charge in [0.15, 0.2) is 21.3 Å². The predicted molar refractivity (Wildman–Crippen MR) is 108 cm³/mol. The molecule has 2 aromatic rings. The Labute approximate surface area is 174 Å². The number of carbonyl (C=O) groups excluding carboxylic acids is 1. The van der Waals surface area contributed by atoms with Crippen LogP contribution in [-0.2, 0) is 27.5 Å². The van der Waals surface area contributed by atoms with Gasteiger partial charge in [-0.3, -0.25) is 4.79 Å². The van der Waals surface area contributed by atoms with Crippen LogP contribution in [0.1, 0.15) is 36.5 Å². The second kappa shape index (κ2) is 8.85. The van der Waals surface area contributed by atoms with E-state index in [2.05, 4.69) is 0 Å². The van der Waals surface area contributed by atoms with Gasteiger partial charge in [-0.2, -0.15) is 5.26 Å². The van der Waals surface area contributed by atoms with Gasteiger partial charge in [-0.15, -0.1) is 0 Å². The van der Waals surface area contributed by atoms with E-state index in [1.807, 2.05) is 12.1 Å². The maximum Gasteiger partial charge on any atom is 0.312 e. The lowest BCUT2D eigenvalue weighted by Gasteiger charge is -2.13. The van der Waals surface area contributed by atoms with Crippen LogP contribution in [0.25, 0.3) is 0 Å². The normalized spacial score (nSPS) is 12.9. The van der Waals surface area contributed by atoms with Crippen molar-refractivity contribution < 1.29 is 22.7 Å². The summed E-state index contributed by atoms with van der Waals surface area (Å²) in [4.78, 5) is 12.5. The molecule has 0 spiro atoms. The Morgan fingerprint density at radius 3 is 2.69 bits per heavy atom. The van der Waals surface area contributed by atoms with Crippen molar-refractivity contribution in [3.8, 4) is 17.6 Å². The number of halogens is 1. The van der Waals surface area contributed by atoms with Crippen molar-refractivity contribution in [2.24, 2.45) is 0 Å². The Morgan fingerprint density at radius 2 is 1.97 bits per heavy atom. The first-order valence-corrected chi connectivity index (χ1v) is 11.3. The summed E-state index contributed by atoms with van der Waals surface area (Å²) in [6.45, 7) is 2.02. The van der Waals surface area contributed by atoms with Crippen molar-refractivity contribution in [3.05, 3.63) is 52.0 Å². The zero-order valence-electron chi connectivity index (χ0n) is 15.9. The fraction of sp³-hybridized carbons (Fsp3) is 0.333.